The number of nitrogens with zero attached hydrogens (tertiary/aromatic N) is 1. The minimum Gasteiger partial charge on any atom is -0.355 e. The van der Waals surface area contributed by atoms with Gasteiger partial charge in [0.2, 0.25) is 10.0 Å². The van der Waals surface area contributed by atoms with E-state index in [4.69, 9.17) is 23.2 Å². The van der Waals surface area contributed by atoms with E-state index in [0.717, 1.165) is 11.1 Å². The molecule has 3 N–H and O–H groups in total. The summed E-state index contributed by atoms with van der Waals surface area (Å²) in [5.41, 5.74) is 1.77. The molecule has 146 valence electrons. The van der Waals surface area contributed by atoms with Gasteiger partial charge in [0.1, 0.15) is 0 Å². The van der Waals surface area contributed by atoms with Crippen molar-refractivity contribution < 1.29 is 8.42 Å². The van der Waals surface area contributed by atoms with Gasteiger partial charge in [0.05, 0.1) is 5.75 Å². The lowest BCUT2D eigenvalue weighted by Gasteiger charge is -2.13. The summed E-state index contributed by atoms with van der Waals surface area (Å²) in [5.74, 6) is 0.418. The average molecular weight is 429 g/mol. The number of halogens is 2. The summed E-state index contributed by atoms with van der Waals surface area (Å²) in [6, 6.07) is 14.6. The van der Waals surface area contributed by atoms with Crippen LogP contribution < -0.4 is 15.4 Å². The summed E-state index contributed by atoms with van der Waals surface area (Å²) < 4.78 is 26.8. The van der Waals surface area contributed by atoms with Crippen molar-refractivity contribution in [2.75, 3.05) is 19.3 Å². The van der Waals surface area contributed by atoms with E-state index >= 15 is 0 Å². The monoisotopic (exact) mass is 428 g/mol. The van der Waals surface area contributed by atoms with Gasteiger partial charge < -0.3 is 10.6 Å². The first-order chi connectivity index (χ1) is 12.9. The number of sulfonamides is 1. The molecule has 2 aromatic carbocycles. The number of hydrogen-bond acceptors (Lipinski definition) is 3. The summed E-state index contributed by atoms with van der Waals surface area (Å²) in [7, 11) is -1.78. The highest BCUT2D eigenvalue weighted by molar-refractivity contribution is 7.89. The molecule has 2 aromatic rings. The molecule has 0 aliphatic rings. The molecular formula is C18H22Cl2N4O2S. The summed E-state index contributed by atoms with van der Waals surface area (Å²) in [5, 5.41) is 7.18. The Morgan fingerprint density at radius 3 is 2.44 bits per heavy atom. The first-order valence-corrected chi connectivity index (χ1v) is 10.7. The molecule has 0 spiro atoms. The Morgan fingerprint density at radius 1 is 1.04 bits per heavy atom. The molecule has 0 saturated carbocycles. The molecule has 0 heterocycles. The zero-order valence-electron chi connectivity index (χ0n) is 14.9. The van der Waals surface area contributed by atoms with Gasteiger partial charge in [-0.25, -0.2) is 13.1 Å². The van der Waals surface area contributed by atoms with Crippen LogP contribution in [0.1, 0.15) is 11.1 Å². The minimum atomic E-state index is -3.39. The van der Waals surface area contributed by atoms with Crippen molar-refractivity contribution in [1.82, 2.24) is 15.4 Å². The minimum absolute atomic E-state index is 0.0672. The normalized spacial score (nSPS) is 12.0. The van der Waals surface area contributed by atoms with E-state index in [2.05, 4.69) is 20.3 Å². The molecule has 0 bridgehead atoms. The lowest BCUT2D eigenvalue weighted by atomic mass is 10.2. The van der Waals surface area contributed by atoms with Crippen molar-refractivity contribution in [3.8, 4) is 0 Å². The molecule has 0 radical (unpaired) electrons. The molecule has 9 heteroatoms. The van der Waals surface area contributed by atoms with E-state index in [1.165, 1.54) is 0 Å². The third-order valence-corrected chi connectivity index (χ3v) is 5.60. The van der Waals surface area contributed by atoms with Gasteiger partial charge >= 0.3 is 0 Å². The van der Waals surface area contributed by atoms with Crippen LogP contribution in [0.2, 0.25) is 10.0 Å². The third-order valence-electron chi connectivity index (χ3n) is 3.69. The van der Waals surface area contributed by atoms with Gasteiger partial charge in [-0.3, -0.25) is 4.99 Å². The number of guanidine groups is 1. The second-order valence-electron chi connectivity index (χ2n) is 5.71. The molecule has 0 amide bonds. The van der Waals surface area contributed by atoms with Crippen molar-refractivity contribution in [2.24, 2.45) is 4.99 Å². The molecule has 0 atom stereocenters. The van der Waals surface area contributed by atoms with Crippen LogP contribution >= 0.6 is 23.2 Å². The molecule has 0 fully saturated rings. The fourth-order valence-corrected chi connectivity index (χ4v) is 3.61. The van der Waals surface area contributed by atoms with Crippen molar-refractivity contribution in [3.05, 3.63) is 69.7 Å². The van der Waals surface area contributed by atoms with Crippen molar-refractivity contribution in [1.29, 1.82) is 0 Å². The SMILES string of the molecule is CN=C(NCCS(=O)(=O)NCc1ccccc1)NCc1ccc(Cl)cc1Cl. The Labute approximate surface area is 170 Å². The zero-order chi connectivity index (χ0) is 19.7. The summed E-state index contributed by atoms with van der Waals surface area (Å²) in [6.45, 7) is 0.929. The number of hydrogen-bond donors (Lipinski definition) is 3. The van der Waals surface area contributed by atoms with Crippen LogP contribution in [0, 0.1) is 0 Å². The van der Waals surface area contributed by atoms with Crippen LogP contribution in [0.4, 0.5) is 0 Å². The molecule has 0 aromatic heterocycles. The van der Waals surface area contributed by atoms with E-state index in [9.17, 15) is 8.42 Å². The third kappa shape index (κ3) is 7.76. The molecule has 27 heavy (non-hydrogen) atoms. The predicted octanol–water partition coefficient (Wildman–Crippen LogP) is 2.78. The van der Waals surface area contributed by atoms with Crippen LogP contribution in [-0.4, -0.2) is 33.7 Å². The molecule has 0 aliphatic heterocycles. The van der Waals surface area contributed by atoms with Gasteiger partial charge in [0.25, 0.3) is 0 Å². The Kier molecular flexibility index (Phi) is 8.37. The standard InChI is InChI=1S/C18H22Cl2N4O2S/c1-21-18(23-13-15-7-8-16(19)11-17(15)20)22-9-10-27(25,26)24-12-14-5-3-2-4-6-14/h2-8,11,24H,9-10,12-13H2,1H3,(H2,21,22,23). The molecule has 0 unspecified atom stereocenters. The van der Waals surface area contributed by atoms with Gasteiger partial charge in [0, 0.05) is 36.7 Å². The fourth-order valence-electron chi connectivity index (χ4n) is 2.23. The first kappa shape index (κ1) is 21.5. The maximum absolute atomic E-state index is 12.1. The predicted molar refractivity (Wildman–Crippen MR) is 112 cm³/mol. The van der Waals surface area contributed by atoms with Gasteiger partial charge in [-0.05, 0) is 23.3 Å². The average Bonchev–Trinajstić information content (AvgIpc) is 2.65. The highest BCUT2D eigenvalue weighted by atomic mass is 35.5. The second-order valence-corrected chi connectivity index (χ2v) is 8.48. The van der Waals surface area contributed by atoms with Crippen LogP contribution in [0.15, 0.2) is 53.5 Å². The Morgan fingerprint density at radius 2 is 1.78 bits per heavy atom. The quantitative estimate of drug-likeness (QED) is 0.445. The van der Waals surface area contributed by atoms with Crippen LogP contribution in [0.25, 0.3) is 0 Å². The maximum atomic E-state index is 12.1. The lowest BCUT2D eigenvalue weighted by molar-refractivity contribution is 0.580. The maximum Gasteiger partial charge on any atom is 0.213 e. The fraction of sp³-hybridized carbons (Fsp3) is 0.278. The molecular weight excluding hydrogens is 407 g/mol. The largest absolute Gasteiger partial charge is 0.355 e. The van der Waals surface area contributed by atoms with E-state index in [1.807, 2.05) is 36.4 Å². The van der Waals surface area contributed by atoms with Crippen LogP contribution in [-0.2, 0) is 23.1 Å². The van der Waals surface area contributed by atoms with Gasteiger partial charge in [0.15, 0.2) is 5.96 Å². The van der Waals surface area contributed by atoms with E-state index in [0.29, 0.717) is 22.5 Å². The van der Waals surface area contributed by atoms with E-state index in [-0.39, 0.29) is 18.8 Å². The highest BCUT2D eigenvalue weighted by Crippen LogP contribution is 2.20. The summed E-state index contributed by atoms with van der Waals surface area (Å²) in [6.07, 6.45) is 0. The van der Waals surface area contributed by atoms with Gasteiger partial charge in [-0.15, -0.1) is 0 Å². The topological polar surface area (TPSA) is 82.6 Å². The smallest absolute Gasteiger partial charge is 0.213 e. The molecule has 6 nitrogen and oxygen atoms in total. The van der Waals surface area contributed by atoms with Gasteiger partial charge in [-0.2, -0.15) is 0 Å². The number of rotatable bonds is 8. The Bertz CT molecular complexity index is 874. The second kappa shape index (κ2) is 10.5. The van der Waals surface area contributed by atoms with E-state index in [1.54, 1.807) is 19.2 Å². The Balaban J connectivity index is 1.76. The number of aliphatic imine (C=N–C) groups is 1. The molecule has 2 rings (SSSR count). The van der Waals surface area contributed by atoms with Crippen molar-refractivity contribution in [2.45, 2.75) is 13.1 Å². The summed E-state index contributed by atoms with van der Waals surface area (Å²) in [4.78, 5) is 4.07. The number of nitrogens with one attached hydrogen (secondary N) is 3. The molecule has 0 saturated heterocycles. The van der Waals surface area contributed by atoms with Crippen LogP contribution in [0.5, 0.6) is 0 Å². The highest BCUT2D eigenvalue weighted by Gasteiger charge is 2.10. The Hall–Kier alpha value is -1.80. The number of benzene rings is 2. The van der Waals surface area contributed by atoms with Crippen LogP contribution in [0.3, 0.4) is 0 Å². The van der Waals surface area contributed by atoms with Gasteiger partial charge in [-0.1, -0.05) is 59.6 Å². The van der Waals surface area contributed by atoms with Crippen molar-refractivity contribution in [3.63, 3.8) is 0 Å². The van der Waals surface area contributed by atoms with Crippen molar-refractivity contribution >= 4 is 39.2 Å². The zero-order valence-corrected chi connectivity index (χ0v) is 17.2. The summed E-state index contributed by atoms with van der Waals surface area (Å²) >= 11 is 12.0. The van der Waals surface area contributed by atoms with E-state index < -0.39 is 10.0 Å². The lowest BCUT2D eigenvalue weighted by Crippen LogP contribution is -2.40. The molecule has 0 aliphatic carbocycles. The first-order valence-electron chi connectivity index (χ1n) is 8.29.